The van der Waals surface area contributed by atoms with Gasteiger partial charge in [0.1, 0.15) is 5.82 Å². The third-order valence-corrected chi connectivity index (χ3v) is 3.86. The maximum Gasteiger partial charge on any atom is 0.241 e. The van der Waals surface area contributed by atoms with Crippen LogP contribution in [0.3, 0.4) is 0 Å². The summed E-state index contributed by atoms with van der Waals surface area (Å²) in [6.45, 7) is 5.25. The minimum absolute atomic E-state index is 0.473. The number of halogens is 3. The van der Waals surface area contributed by atoms with E-state index in [0.717, 1.165) is 25.2 Å². The summed E-state index contributed by atoms with van der Waals surface area (Å²) in [7, 11) is 0. The largest absolute Gasteiger partial charge is 0.351 e. The highest BCUT2D eigenvalue weighted by Gasteiger charge is 2.12. The molecule has 0 radical (unpaired) electrons. The molecule has 0 aliphatic rings. The summed E-state index contributed by atoms with van der Waals surface area (Å²) in [5, 5.41) is 0.615. The number of pyridine rings is 1. The highest BCUT2D eigenvalue weighted by molar-refractivity contribution is 6.30. The second-order valence-corrected chi connectivity index (χ2v) is 6.18. The SMILES string of the molecule is CCCCN(CC=N/C=C/CCC(C)C(F)F)c1ccc(Cl)cn1. The maximum absolute atomic E-state index is 12.4. The van der Waals surface area contributed by atoms with Crippen LogP contribution in [0.4, 0.5) is 14.6 Å². The highest BCUT2D eigenvalue weighted by Crippen LogP contribution is 2.15. The van der Waals surface area contributed by atoms with Crippen LogP contribution in [-0.2, 0) is 0 Å². The average molecular weight is 358 g/mol. The molecule has 1 unspecified atom stereocenters. The molecule has 1 atom stereocenters. The van der Waals surface area contributed by atoms with Gasteiger partial charge in [-0.3, -0.25) is 4.99 Å². The van der Waals surface area contributed by atoms with Gasteiger partial charge in [-0.05, 0) is 31.4 Å². The van der Waals surface area contributed by atoms with Gasteiger partial charge in [-0.2, -0.15) is 0 Å². The van der Waals surface area contributed by atoms with E-state index in [1.165, 1.54) is 0 Å². The van der Waals surface area contributed by atoms with Gasteiger partial charge in [0, 0.05) is 31.1 Å². The lowest BCUT2D eigenvalue weighted by Crippen LogP contribution is -2.27. The van der Waals surface area contributed by atoms with Crippen LogP contribution >= 0.6 is 11.6 Å². The lowest BCUT2D eigenvalue weighted by atomic mass is 10.1. The molecule has 134 valence electrons. The fourth-order valence-electron chi connectivity index (χ4n) is 2.03. The van der Waals surface area contributed by atoms with Crippen molar-refractivity contribution in [1.29, 1.82) is 0 Å². The average Bonchev–Trinajstić information content (AvgIpc) is 2.57. The first-order chi connectivity index (χ1) is 11.5. The summed E-state index contributed by atoms with van der Waals surface area (Å²) in [6, 6.07) is 3.72. The van der Waals surface area contributed by atoms with Gasteiger partial charge in [-0.25, -0.2) is 13.8 Å². The van der Waals surface area contributed by atoms with Crippen LogP contribution in [0.5, 0.6) is 0 Å². The number of nitrogens with zero attached hydrogens (tertiary/aromatic N) is 3. The Hall–Kier alpha value is -1.49. The molecule has 0 amide bonds. The first kappa shape index (κ1) is 20.6. The van der Waals surface area contributed by atoms with E-state index in [0.29, 0.717) is 24.4 Å². The number of aromatic nitrogens is 1. The van der Waals surface area contributed by atoms with Gasteiger partial charge < -0.3 is 4.90 Å². The van der Waals surface area contributed by atoms with Crippen molar-refractivity contribution in [3.63, 3.8) is 0 Å². The molecular weight excluding hydrogens is 332 g/mol. The third-order valence-electron chi connectivity index (χ3n) is 3.64. The van der Waals surface area contributed by atoms with Gasteiger partial charge in [-0.1, -0.05) is 37.9 Å². The number of rotatable bonds is 11. The molecule has 0 aliphatic carbocycles. The number of unbranched alkanes of at least 4 members (excludes halogenated alkanes) is 1. The Morgan fingerprint density at radius 1 is 1.38 bits per heavy atom. The number of anilines is 1. The molecule has 0 N–H and O–H groups in total. The van der Waals surface area contributed by atoms with Gasteiger partial charge in [0.15, 0.2) is 0 Å². The van der Waals surface area contributed by atoms with E-state index in [2.05, 4.69) is 21.8 Å². The Kier molecular flexibility index (Phi) is 10.2. The van der Waals surface area contributed by atoms with E-state index < -0.39 is 12.3 Å². The van der Waals surface area contributed by atoms with Crippen LogP contribution in [0.25, 0.3) is 0 Å². The van der Waals surface area contributed by atoms with E-state index in [9.17, 15) is 8.78 Å². The molecule has 3 nitrogen and oxygen atoms in total. The monoisotopic (exact) mass is 357 g/mol. The summed E-state index contributed by atoms with van der Waals surface area (Å²) < 4.78 is 24.7. The Balaban J connectivity index is 2.45. The van der Waals surface area contributed by atoms with Crippen molar-refractivity contribution in [3.8, 4) is 0 Å². The molecule has 6 heteroatoms. The summed E-state index contributed by atoms with van der Waals surface area (Å²) in [6.07, 6.45) is 7.94. The molecule has 0 saturated heterocycles. The Bertz CT molecular complexity index is 503. The molecule has 0 fully saturated rings. The molecule has 0 aliphatic heterocycles. The van der Waals surface area contributed by atoms with E-state index in [-0.39, 0.29) is 0 Å². The van der Waals surface area contributed by atoms with E-state index >= 15 is 0 Å². The zero-order valence-corrected chi connectivity index (χ0v) is 15.1. The lowest BCUT2D eigenvalue weighted by Gasteiger charge is -2.21. The molecule has 0 spiro atoms. The molecular formula is C18H26ClF2N3. The van der Waals surface area contributed by atoms with Gasteiger partial charge >= 0.3 is 0 Å². The maximum atomic E-state index is 12.4. The van der Waals surface area contributed by atoms with Gasteiger partial charge in [0.25, 0.3) is 0 Å². The number of aliphatic imine (C=N–C) groups is 1. The number of alkyl halides is 2. The van der Waals surface area contributed by atoms with Gasteiger partial charge in [-0.15, -0.1) is 0 Å². The molecule has 24 heavy (non-hydrogen) atoms. The van der Waals surface area contributed by atoms with Crippen molar-refractivity contribution in [3.05, 3.63) is 35.6 Å². The van der Waals surface area contributed by atoms with Crippen molar-refractivity contribution in [2.24, 2.45) is 10.9 Å². The quantitative estimate of drug-likeness (QED) is 0.482. The first-order valence-corrected chi connectivity index (χ1v) is 8.73. The molecule has 1 aromatic rings. The van der Waals surface area contributed by atoms with Crippen LogP contribution in [0.1, 0.15) is 39.5 Å². The zero-order valence-electron chi connectivity index (χ0n) is 14.3. The van der Waals surface area contributed by atoms with Crippen molar-refractivity contribution in [2.75, 3.05) is 18.0 Å². The summed E-state index contributed by atoms with van der Waals surface area (Å²) >= 11 is 5.87. The van der Waals surface area contributed by atoms with Crippen molar-refractivity contribution in [1.82, 2.24) is 4.98 Å². The van der Waals surface area contributed by atoms with Crippen LogP contribution < -0.4 is 4.90 Å². The second kappa shape index (κ2) is 12.0. The summed E-state index contributed by atoms with van der Waals surface area (Å²) in [5.74, 6) is 0.299. The Morgan fingerprint density at radius 3 is 2.79 bits per heavy atom. The number of hydrogen-bond donors (Lipinski definition) is 0. The molecule has 0 bridgehead atoms. The molecule has 1 heterocycles. The minimum Gasteiger partial charge on any atom is -0.351 e. The van der Waals surface area contributed by atoms with Crippen molar-refractivity contribution >= 4 is 23.6 Å². The molecule has 1 rings (SSSR count). The Labute approximate surface area is 148 Å². The van der Waals surface area contributed by atoms with Crippen molar-refractivity contribution in [2.45, 2.75) is 46.0 Å². The fourth-order valence-corrected chi connectivity index (χ4v) is 2.14. The van der Waals surface area contributed by atoms with Crippen LogP contribution in [0, 0.1) is 5.92 Å². The topological polar surface area (TPSA) is 28.5 Å². The van der Waals surface area contributed by atoms with E-state index in [1.807, 2.05) is 18.2 Å². The van der Waals surface area contributed by atoms with E-state index in [4.69, 9.17) is 11.6 Å². The number of allylic oxidation sites excluding steroid dienone is 1. The molecule has 1 aromatic heterocycles. The second-order valence-electron chi connectivity index (χ2n) is 5.74. The third kappa shape index (κ3) is 8.39. The predicted molar refractivity (Wildman–Crippen MR) is 98.4 cm³/mol. The molecule has 0 aromatic carbocycles. The first-order valence-electron chi connectivity index (χ1n) is 8.35. The van der Waals surface area contributed by atoms with Crippen LogP contribution in [0.2, 0.25) is 5.02 Å². The van der Waals surface area contributed by atoms with Crippen LogP contribution in [0.15, 0.2) is 35.6 Å². The molecule has 0 saturated carbocycles. The lowest BCUT2D eigenvalue weighted by molar-refractivity contribution is 0.0825. The Morgan fingerprint density at radius 2 is 2.17 bits per heavy atom. The predicted octanol–water partition coefficient (Wildman–Crippen LogP) is 5.61. The minimum atomic E-state index is -2.25. The summed E-state index contributed by atoms with van der Waals surface area (Å²) in [5.41, 5.74) is 0. The highest BCUT2D eigenvalue weighted by atomic mass is 35.5. The standard InChI is InChI=1S/C18H26ClF2N3/c1-3-4-12-24(17-9-8-16(19)14-23-17)13-11-22-10-6-5-7-15(2)18(20)21/h6,8-11,14-15,18H,3-5,7,12-13H2,1-2H3/b10-6+,22-11?. The van der Waals surface area contributed by atoms with Crippen molar-refractivity contribution < 1.29 is 8.78 Å². The van der Waals surface area contributed by atoms with Crippen LogP contribution in [-0.4, -0.2) is 30.7 Å². The number of hydrogen-bond acceptors (Lipinski definition) is 3. The summed E-state index contributed by atoms with van der Waals surface area (Å²) in [4.78, 5) is 10.7. The smallest absolute Gasteiger partial charge is 0.241 e. The zero-order chi connectivity index (χ0) is 17.8. The van der Waals surface area contributed by atoms with Gasteiger partial charge in [0.05, 0.1) is 11.6 Å². The fraction of sp³-hybridized carbons (Fsp3) is 0.556. The van der Waals surface area contributed by atoms with E-state index in [1.54, 1.807) is 25.5 Å². The normalized spacial score (nSPS) is 13.2. The van der Waals surface area contributed by atoms with Gasteiger partial charge in [0.2, 0.25) is 6.43 Å².